The summed E-state index contributed by atoms with van der Waals surface area (Å²) in [6.07, 6.45) is 1.65. The van der Waals surface area contributed by atoms with Crippen LogP contribution >= 0.6 is 0 Å². The van der Waals surface area contributed by atoms with E-state index in [4.69, 9.17) is 4.74 Å². The van der Waals surface area contributed by atoms with Gasteiger partial charge in [-0.25, -0.2) is 4.79 Å². The average molecular weight is 345 g/mol. The van der Waals surface area contributed by atoms with Crippen LogP contribution in [0.5, 0.6) is 0 Å². The Kier molecular flexibility index (Phi) is 5.44. The largest absolute Gasteiger partial charge is 0.461 e. The van der Waals surface area contributed by atoms with Crippen molar-refractivity contribution in [2.75, 3.05) is 6.61 Å². The highest BCUT2D eigenvalue weighted by atomic mass is 16.5. The molecule has 3 aromatic carbocycles. The number of hydrogen-bond donors (Lipinski definition) is 1. The predicted molar refractivity (Wildman–Crippen MR) is 102 cm³/mol. The number of amides is 1. The Morgan fingerprint density at radius 2 is 1.62 bits per heavy atom. The van der Waals surface area contributed by atoms with Gasteiger partial charge in [-0.3, -0.25) is 4.79 Å². The van der Waals surface area contributed by atoms with E-state index in [1.807, 2.05) is 48.5 Å². The summed E-state index contributed by atoms with van der Waals surface area (Å²) in [7, 11) is 0. The van der Waals surface area contributed by atoms with Crippen molar-refractivity contribution < 1.29 is 14.3 Å². The molecule has 0 aliphatic rings. The third kappa shape index (κ3) is 3.98. The van der Waals surface area contributed by atoms with Crippen LogP contribution in [0, 0.1) is 0 Å². The van der Waals surface area contributed by atoms with E-state index in [1.54, 1.807) is 37.3 Å². The zero-order valence-electron chi connectivity index (χ0n) is 14.4. The van der Waals surface area contributed by atoms with E-state index < -0.39 is 5.97 Å². The highest BCUT2D eigenvalue weighted by molar-refractivity contribution is 6.04. The number of ether oxygens (including phenoxy) is 1. The minimum absolute atomic E-state index is 0.108. The molecule has 4 heteroatoms. The maximum absolute atomic E-state index is 12.5. The highest BCUT2D eigenvalue weighted by Crippen LogP contribution is 2.21. The first kappa shape index (κ1) is 17.4. The van der Waals surface area contributed by atoms with Gasteiger partial charge in [0.2, 0.25) is 0 Å². The summed E-state index contributed by atoms with van der Waals surface area (Å²) >= 11 is 0. The molecular weight excluding hydrogens is 326 g/mol. The summed E-state index contributed by atoms with van der Waals surface area (Å²) < 4.78 is 5.10. The van der Waals surface area contributed by atoms with Gasteiger partial charge in [0.15, 0.2) is 0 Å². The van der Waals surface area contributed by atoms with Crippen LogP contribution in [0.2, 0.25) is 0 Å². The van der Waals surface area contributed by atoms with Crippen molar-refractivity contribution in [2.45, 2.75) is 6.92 Å². The number of esters is 1. The molecule has 0 saturated carbocycles. The number of nitrogens with one attached hydrogen (secondary N) is 1. The second-order valence-corrected chi connectivity index (χ2v) is 5.67. The van der Waals surface area contributed by atoms with Crippen molar-refractivity contribution >= 4 is 28.7 Å². The minimum Gasteiger partial charge on any atom is -0.461 e. The van der Waals surface area contributed by atoms with E-state index in [0.717, 1.165) is 16.3 Å². The Balaban J connectivity index is 1.99. The first-order chi connectivity index (χ1) is 12.7. The van der Waals surface area contributed by atoms with Crippen LogP contribution in [0.25, 0.3) is 16.8 Å². The van der Waals surface area contributed by atoms with Crippen molar-refractivity contribution in [3.8, 4) is 0 Å². The van der Waals surface area contributed by atoms with E-state index in [0.29, 0.717) is 5.56 Å². The van der Waals surface area contributed by atoms with Gasteiger partial charge in [-0.05, 0) is 41.5 Å². The van der Waals surface area contributed by atoms with Crippen molar-refractivity contribution in [3.05, 3.63) is 89.6 Å². The van der Waals surface area contributed by atoms with E-state index in [-0.39, 0.29) is 18.2 Å². The quantitative estimate of drug-likeness (QED) is 0.558. The summed E-state index contributed by atoms with van der Waals surface area (Å²) in [6.45, 7) is 1.96. The van der Waals surface area contributed by atoms with Crippen molar-refractivity contribution in [1.29, 1.82) is 0 Å². The van der Waals surface area contributed by atoms with Crippen molar-refractivity contribution in [1.82, 2.24) is 5.32 Å². The summed E-state index contributed by atoms with van der Waals surface area (Å²) in [5.41, 5.74) is 1.41. The van der Waals surface area contributed by atoms with Crippen molar-refractivity contribution in [3.63, 3.8) is 0 Å². The summed E-state index contributed by atoms with van der Waals surface area (Å²) in [5.74, 6) is -0.921. The molecule has 0 heterocycles. The van der Waals surface area contributed by atoms with Crippen LogP contribution in [0.1, 0.15) is 22.8 Å². The van der Waals surface area contributed by atoms with Gasteiger partial charge in [-0.15, -0.1) is 0 Å². The van der Waals surface area contributed by atoms with Crippen LogP contribution in [0.4, 0.5) is 0 Å². The van der Waals surface area contributed by atoms with Crippen LogP contribution in [-0.4, -0.2) is 18.5 Å². The summed E-state index contributed by atoms with van der Waals surface area (Å²) in [5, 5.41) is 4.72. The Morgan fingerprint density at radius 1 is 0.923 bits per heavy atom. The number of hydrogen-bond acceptors (Lipinski definition) is 3. The van der Waals surface area contributed by atoms with E-state index in [1.165, 1.54) is 0 Å². The second-order valence-electron chi connectivity index (χ2n) is 5.67. The Bertz CT molecular complexity index is 956. The van der Waals surface area contributed by atoms with Gasteiger partial charge in [-0.2, -0.15) is 0 Å². The average Bonchev–Trinajstić information content (AvgIpc) is 2.68. The maximum Gasteiger partial charge on any atom is 0.354 e. The topological polar surface area (TPSA) is 55.4 Å². The fourth-order valence-electron chi connectivity index (χ4n) is 2.67. The fourth-order valence-corrected chi connectivity index (χ4v) is 2.67. The first-order valence-electron chi connectivity index (χ1n) is 8.42. The molecule has 0 atom stereocenters. The minimum atomic E-state index is -0.565. The highest BCUT2D eigenvalue weighted by Gasteiger charge is 2.16. The van der Waals surface area contributed by atoms with E-state index >= 15 is 0 Å². The molecule has 0 saturated heterocycles. The maximum atomic E-state index is 12.5. The van der Waals surface area contributed by atoms with Gasteiger partial charge < -0.3 is 10.1 Å². The zero-order chi connectivity index (χ0) is 18.4. The Morgan fingerprint density at radius 3 is 2.38 bits per heavy atom. The standard InChI is InChI=1S/C22H19NO3/c1-2-26-22(25)20(23-21(24)17-10-4-3-5-11-17)15-18-13-8-12-16-9-6-7-14-19(16)18/h3-15H,2H2,1H3,(H,23,24)/b20-15-. The number of carbonyl (C=O) groups is 2. The lowest BCUT2D eigenvalue weighted by atomic mass is 10.0. The SMILES string of the molecule is CCOC(=O)/C(=C/c1cccc2ccccc12)NC(=O)c1ccccc1. The molecule has 130 valence electrons. The van der Waals surface area contributed by atoms with E-state index in [9.17, 15) is 9.59 Å². The van der Waals surface area contributed by atoms with Gasteiger partial charge in [0, 0.05) is 5.56 Å². The Hall–Kier alpha value is -3.40. The zero-order valence-corrected chi connectivity index (χ0v) is 14.4. The molecule has 3 rings (SSSR count). The number of rotatable bonds is 5. The summed E-state index contributed by atoms with van der Waals surface area (Å²) in [6, 6.07) is 22.4. The van der Waals surface area contributed by atoms with Gasteiger partial charge in [0.1, 0.15) is 5.70 Å². The van der Waals surface area contributed by atoms with Gasteiger partial charge in [-0.1, -0.05) is 60.7 Å². The summed E-state index contributed by atoms with van der Waals surface area (Å²) in [4.78, 5) is 24.8. The van der Waals surface area contributed by atoms with Crippen LogP contribution < -0.4 is 5.32 Å². The third-order valence-electron chi connectivity index (χ3n) is 3.90. The van der Waals surface area contributed by atoms with Crippen LogP contribution in [0.3, 0.4) is 0 Å². The lowest BCUT2D eigenvalue weighted by Gasteiger charge is -2.10. The molecule has 4 nitrogen and oxygen atoms in total. The molecule has 1 amide bonds. The molecule has 0 bridgehead atoms. The van der Waals surface area contributed by atoms with Crippen LogP contribution in [0.15, 0.2) is 78.5 Å². The molecule has 0 fully saturated rings. The molecule has 26 heavy (non-hydrogen) atoms. The number of carbonyl (C=O) groups excluding carboxylic acids is 2. The second kappa shape index (κ2) is 8.12. The molecule has 1 N–H and O–H groups in total. The molecule has 0 aliphatic heterocycles. The molecule has 3 aromatic rings. The smallest absolute Gasteiger partial charge is 0.354 e. The molecule has 0 unspecified atom stereocenters. The third-order valence-corrected chi connectivity index (χ3v) is 3.90. The van der Waals surface area contributed by atoms with Crippen LogP contribution in [-0.2, 0) is 9.53 Å². The molecule has 0 radical (unpaired) electrons. The fraction of sp³-hybridized carbons (Fsp3) is 0.0909. The predicted octanol–water partition coefficient (Wildman–Crippen LogP) is 4.17. The molecular formula is C22H19NO3. The van der Waals surface area contributed by atoms with Gasteiger partial charge >= 0.3 is 5.97 Å². The normalized spacial score (nSPS) is 11.2. The Labute approximate surface area is 152 Å². The number of benzene rings is 3. The molecule has 0 aromatic heterocycles. The lowest BCUT2D eigenvalue weighted by molar-refractivity contribution is -0.138. The lowest BCUT2D eigenvalue weighted by Crippen LogP contribution is -2.28. The molecule has 0 aliphatic carbocycles. The first-order valence-corrected chi connectivity index (χ1v) is 8.42. The number of fused-ring (bicyclic) bond motifs is 1. The van der Waals surface area contributed by atoms with E-state index in [2.05, 4.69) is 5.32 Å². The van der Waals surface area contributed by atoms with Crippen molar-refractivity contribution in [2.24, 2.45) is 0 Å². The molecule has 0 spiro atoms. The monoisotopic (exact) mass is 345 g/mol. The van der Waals surface area contributed by atoms with Gasteiger partial charge in [0.05, 0.1) is 6.61 Å². The van der Waals surface area contributed by atoms with Gasteiger partial charge in [0.25, 0.3) is 5.91 Å².